The first-order valence-corrected chi connectivity index (χ1v) is 6.40. The van der Waals surface area contributed by atoms with Gasteiger partial charge in [0.05, 0.1) is 0 Å². The second-order valence-electron chi connectivity index (χ2n) is 4.58. The lowest BCUT2D eigenvalue weighted by Crippen LogP contribution is -2.53. The normalized spacial score (nSPS) is 25.8. The van der Waals surface area contributed by atoms with E-state index in [0.717, 1.165) is 19.5 Å². The number of carbonyl (C=O) groups is 1. The largest absolute Gasteiger partial charge is 0.352 e. The highest BCUT2D eigenvalue weighted by Gasteiger charge is 2.29. The van der Waals surface area contributed by atoms with E-state index in [9.17, 15) is 4.79 Å². The molecule has 0 saturated heterocycles. The fourth-order valence-electron chi connectivity index (χ4n) is 2.70. The van der Waals surface area contributed by atoms with Crippen LogP contribution in [0.15, 0.2) is 0 Å². The number of carbonyl (C=O) groups excluding carboxylic acids is 1. The van der Waals surface area contributed by atoms with Crippen LogP contribution in [0, 0.1) is 0 Å². The van der Waals surface area contributed by atoms with Crippen LogP contribution < -0.4 is 11.1 Å². The van der Waals surface area contributed by atoms with E-state index in [1.54, 1.807) is 6.92 Å². The highest BCUT2D eigenvalue weighted by Crippen LogP contribution is 2.23. The van der Waals surface area contributed by atoms with Gasteiger partial charge in [0.2, 0.25) is 5.91 Å². The van der Waals surface area contributed by atoms with Crippen LogP contribution in [0.1, 0.15) is 39.5 Å². The topological polar surface area (TPSA) is 58.4 Å². The van der Waals surface area contributed by atoms with E-state index in [1.165, 1.54) is 19.3 Å². The molecule has 0 spiro atoms. The Kier molecular flexibility index (Phi) is 5.77. The molecule has 1 amide bonds. The minimum Gasteiger partial charge on any atom is -0.352 e. The van der Waals surface area contributed by atoms with Gasteiger partial charge in [0.25, 0.3) is 0 Å². The standard InChI is InChI=1S/C12H25N3O/c1-3-15(9-8-13)12-7-5-4-6-11(12)14-10(2)16/h11-12H,3-9,13H2,1-2H3,(H,14,16)/t11-,12+/m1/s1. The van der Waals surface area contributed by atoms with E-state index in [0.29, 0.717) is 18.6 Å². The molecule has 2 atom stereocenters. The maximum absolute atomic E-state index is 11.2. The van der Waals surface area contributed by atoms with Crippen LogP contribution in [0.3, 0.4) is 0 Å². The average molecular weight is 227 g/mol. The van der Waals surface area contributed by atoms with Gasteiger partial charge in [-0.2, -0.15) is 0 Å². The Bertz CT molecular complexity index is 220. The molecule has 0 unspecified atom stereocenters. The first-order valence-electron chi connectivity index (χ1n) is 6.40. The maximum Gasteiger partial charge on any atom is 0.217 e. The maximum atomic E-state index is 11.2. The van der Waals surface area contributed by atoms with Gasteiger partial charge < -0.3 is 11.1 Å². The summed E-state index contributed by atoms with van der Waals surface area (Å²) in [4.78, 5) is 13.6. The van der Waals surface area contributed by atoms with E-state index >= 15 is 0 Å². The minimum atomic E-state index is 0.0840. The van der Waals surface area contributed by atoms with Crippen LogP contribution >= 0.6 is 0 Å². The van der Waals surface area contributed by atoms with Crippen LogP contribution in [0.4, 0.5) is 0 Å². The Hall–Kier alpha value is -0.610. The van der Waals surface area contributed by atoms with E-state index in [-0.39, 0.29) is 5.91 Å². The summed E-state index contributed by atoms with van der Waals surface area (Å²) in [6.45, 7) is 6.40. The van der Waals surface area contributed by atoms with Gasteiger partial charge in [-0.25, -0.2) is 0 Å². The van der Waals surface area contributed by atoms with E-state index in [2.05, 4.69) is 17.1 Å². The van der Waals surface area contributed by atoms with Crippen molar-refractivity contribution in [3.63, 3.8) is 0 Å². The van der Waals surface area contributed by atoms with Gasteiger partial charge in [0.1, 0.15) is 0 Å². The predicted octanol–water partition coefficient (Wildman–Crippen LogP) is 0.714. The molecule has 3 N–H and O–H groups in total. The molecule has 0 radical (unpaired) electrons. The Labute approximate surface area is 98.6 Å². The molecule has 0 aliphatic heterocycles. The summed E-state index contributed by atoms with van der Waals surface area (Å²) in [5, 5.41) is 3.08. The molecule has 0 aromatic rings. The van der Waals surface area contributed by atoms with Crippen molar-refractivity contribution < 1.29 is 4.79 Å². The van der Waals surface area contributed by atoms with Crippen molar-refractivity contribution in [3.8, 4) is 0 Å². The Morgan fingerprint density at radius 3 is 2.69 bits per heavy atom. The molecular formula is C12H25N3O. The number of nitrogens with two attached hydrogens (primary N) is 1. The Morgan fingerprint density at radius 1 is 1.44 bits per heavy atom. The molecule has 0 aromatic carbocycles. The summed E-state index contributed by atoms with van der Waals surface area (Å²) in [5.74, 6) is 0.0840. The smallest absolute Gasteiger partial charge is 0.217 e. The molecule has 0 heterocycles. The average Bonchev–Trinajstić information content (AvgIpc) is 2.26. The quantitative estimate of drug-likeness (QED) is 0.727. The van der Waals surface area contributed by atoms with Gasteiger partial charge in [0, 0.05) is 32.1 Å². The van der Waals surface area contributed by atoms with Gasteiger partial charge in [-0.3, -0.25) is 9.69 Å². The Balaban J connectivity index is 2.60. The van der Waals surface area contributed by atoms with Crippen molar-refractivity contribution >= 4 is 5.91 Å². The van der Waals surface area contributed by atoms with Crippen molar-refractivity contribution in [2.75, 3.05) is 19.6 Å². The lowest BCUT2D eigenvalue weighted by Gasteiger charge is -2.39. The molecule has 1 saturated carbocycles. The summed E-state index contributed by atoms with van der Waals surface area (Å²) in [6, 6.07) is 0.795. The molecule has 4 heteroatoms. The second-order valence-corrected chi connectivity index (χ2v) is 4.58. The highest BCUT2D eigenvalue weighted by molar-refractivity contribution is 5.73. The summed E-state index contributed by atoms with van der Waals surface area (Å²) in [6.07, 6.45) is 4.77. The van der Waals surface area contributed by atoms with Gasteiger partial charge in [-0.05, 0) is 19.4 Å². The fraction of sp³-hybridized carbons (Fsp3) is 0.917. The fourth-order valence-corrected chi connectivity index (χ4v) is 2.70. The van der Waals surface area contributed by atoms with Crippen LogP contribution in [-0.4, -0.2) is 42.5 Å². The van der Waals surface area contributed by atoms with Gasteiger partial charge in [-0.15, -0.1) is 0 Å². The number of nitrogens with zero attached hydrogens (tertiary/aromatic N) is 1. The van der Waals surface area contributed by atoms with Crippen LogP contribution in [0.5, 0.6) is 0 Å². The molecule has 16 heavy (non-hydrogen) atoms. The van der Waals surface area contributed by atoms with Crippen LogP contribution in [-0.2, 0) is 4.79 Å². The number of hydrogen-bond acceptors (Lipinski definition) is 3. The third-order valence-corrected chi connectivity index (χ3v) is 3.41. The number of amides is 1. The van der Waals surface area contributed by atoms with E-state index < -0.39 is 0 Å². The highest BCUT2D eigenvalue weighted by atomic mass is 16.1. The summed E-state index contributed by atoms with van der Waals surface area (Å²) in [7, 11) is 0. The Morgan fingerprint density at radius 2 is 2.12 bits per heavy atom. The summed E-state index contributed by atoms with van der Waals surface area (Å²) in [5.41, 5.74) is 5.63. The molecule has 1 fully saturated rings. The third kappa shape index (κ3) is 3.76. The monoisotopic (exact) mass is 227 g/mol. The first kappa shape index (κ1) is 13.5. The molecule has 1 aliphatic carbocycles. The third-order valence-electron chi connectivity index (χ3n) is 3.41. The van der Waals surface area contributed by atoms with Crippen molar-refractivity contribution in [1.82, 2.24) is 10.2 Å². The summed E-state index contributed by atoms with van der Waals surface area (Å²) < 4.78 is 0. The lowest BCUT2D eigenvalue weighted by molar-refractivity contribution is -0.120. The van der Waals surface area contributed by atoms with Gasteiger partial charge >= 0.3 is 0 Å². The van der Waals surface area contributed by atoms with Crippen molar-refractivity contribution in [2.45, 2.75) is 51.6 Å². The van der Waals surface area contributed by atoms with Gasteiger partial charge in [-0.1, -0.05) is 19.8 Å². The molecule has 94 valence electrons. The molecule has 4 nitrogen and oxygen atoms in total. The second kappa shape index (κ2) is 6.86. The lowest BCUT2D eigenvalue weighted by atomic mass is 9.89. The van der Waals surface area contributed by atoms with Crippen molar-refractivity contribution in [2.24, 2.45) is 5.73 Å². The molecule has 1 rings (SSSR count). The zero-order valence-electron chi connectivity index (χ0n) is 10.5. The van der Waals surface area contributed by atoms with Crippen molar-refractivity contribution in [3.05, 3.63) is 0 Å². The SMILES string of the molecule is CCN(CCN)[C@H]1CCCC[C@H]1NC(C)=O. The number of nitrogens with one attached hydrogen (secondary N) is 1. The van der Waals surface area contributed by atoms with Crippen LogP contribution in [0.2, 0.25) is 0 Å². The van der Waals surface area contributed by atoms with Crippen LogP contribution in [0.25, 0.3) is 0 Å². The number of rotatable bonds is 5. The van der Waals surface area contributed by atoms with E-state index in [4.69, 9.17) is 5.73 Å². The van der Waals surface area contributed by atoms with Gasteiger partial charge in [0.15, 0.2) is 0 Å². The van der Waals surface area contributed by atoms with Crippen molar-refractivity contribution in [1.29, 1.82) is 0 Å². The minimum absolute atomic E-state index is 0.0840. The van der Waals surface area contributed by atoms with E-state index in [1.807, 2.05) is 0 Å². The molecule has 0 aromatic heterocycles. The number of likely N-dealkylation sites (N-methyl/N-ethyl adjacent to an activating group) is 1. The summed E-state index contributed by atoms with van der Waals surface area (Å²) >= 11 is 0. The molecule has 1 aliphatic rings. The first-order chi connectivity index (χ1) is 7.69. The number of hydrogen-bond donors (Lipinski definition) is 2. The predicted molar refractivity (Wildman–Crippen MR) is 66.2 cm³/mol. The zero-order chi connectivity index (χ0) is 12.0. The zero-order valence-corrected chi connectivity index (χ0v) is 10.5. The molecule has 0 bridgehead atoms. The molecular weight excluding hydrogens is 202 g/mol.